The van der Waals surface area contributed by atoms with Gasteiger partial charge in [0.05, 0.1) is 13.1 Å². The highest BCUT2D eigenvalue weighted by Crippen LogP contribution is 2.28. The molecule has 1 N–H and O–H groups in total. The largest absolute Gasteiger partial charge is 0.456 e. The topological polar surface area (TPSA) is 151 Å². The Hall–Kier alpha value is -5.05. The maximum Gasteiger partial charge on any atom is 0.410 e. The van der Waals surface area contributed by atoms with Crippen molar-refractivity contribution in [3.8, 4) is 11.4 Å². The van der Waals surface area contributed by atoms with E-state index in [0.29, 0.717) is 30.9 Å². The lowest BCUT2D eigenvalue weighted by molar-refractivity contribution is -0.145. The van der Waals surface area contributed by atoms with Crippen LogP contribution in [0.2, 0.25) is 0 Å². The lowest BCUT2D eigenvalue weighted by atomic mass is 10.1. The van der Waals surface area contributed by atoms with E-state index in [1.165, 1.54) is 29.0 Å². The number of esters is 1. The van der Waals surface area contributed by atoms with Crippen molar-refractivity contribution >= 4 is 29.6 Å². The summed E-state index contributed by atoms with van der Waals surface area (Å²) < 4.78 is 29.5. The number of carbonyl (C=O) groups is 4. The normalized spacial score (nSPS) is 12.7. The van der Waals surface area contributed by atoms with E-state index in [4.69, 9.17) is 14.0 Å². The van der Waals surface area contributed by atoms with Gasteiger partial charge >= 0.3 is 12.1 Å². The number of nitrogens with zero attached hydrogens (tertiary/aromatic N) is 6. The first-order valence-electron chi connectivity index (χ1n) is 16.0. The Morgan fingerprint density at radius 2 is 1.80 bits per heavy atom. The Kier molecular flexibility index (Phi) is 11.9. The van der Waals surface area contributed by atoms with Crippen molar-refractivity contribution in [1.82, 2.24) is 30.4 Å². The number of benzene rings is 2. The molecule has 2 heterocycles. The van der Waals surface area contributed by atoms with Crippen molar-refractivity contribution in [2.24, 2.45) is 0 Å². The molecule has 15 heteroatoms. The number of hydrazine groups is 1. The highest BCUT2D eigenvalue weighted by atomic mass is 19.1. The summed E-state index contributed by atoms with van der Waals surface area (Å²) in [7, 11) is 1.64. The number of hydrogen-bond donors (Lipinski definition) is 1. The van der Waals surface area contributed by atoms with Gasteiger partial charge in [-0.25, -0.2) is 14.2 Å². The number of carbonyl (C=O) groups excluding carboxylic acids is 4. The third kappa shape index (κ3) is 10.2. The van der Waals surface area contributed by atoms with Gasteiger partial charge in [-0.1, -0.05) is 23.4 Å². The summed E-state index contributed by atoms with van der Waals surface area (Å²) in [5.74, 6) is -1.14. The van der Waals surface area contributed by atoms with Gasteiger partial charge in [-0.2, -0.15) is 4.98 Å². The summed E-state index contributed by atoms with van der Waals surface area (Å²) in [6.45, 7) is 11.4. The van der Waals surface area contributed by atoms with Gasteiger partial charge in [0.1, 0.15) is 11.4 Å². The number of halogens is 1. The summed E-state index contributed by atoms with van der Waals surface area (Å²) in [5.41, 5.74) is 3.00. The van der Waals surface area contributed by atoms with Crippen LogP contribution in [0.25, 0.3) is 11.4 Å². The lowest BCUT2D eigenvalue weighted by Crippen LogP contribution is -2.48. The summed E-state index contributed by atoms with van der Waals surface area (Å²) in [6, 6.07) is 9.94. The van der Waals surface area contributed by atoms with Crippen LogP contribution in [0, 0.1) is 12.7 Å². The molecule has 0 unspecified atom stereocenters. The number of fused-ring (bicyclic) bond motifs is 1. The molecule has 264 valence electrons. The highest BCUT2D eigenvalue weighted by Gasteiger charge is 2.28. The summed E-state index contributed by atoms with van der Waals surface area (Å²) in [6.07, 6.45) is -0.476. The minimum absolute atomic E-state index is 0.111. The van der Waals surface area contributed by atoms with Crippen LogP contribution in [-0.2, 0) is 43.6 Å². The van der Waals surface area contributed by atoms with Crippen LogP contribution in [-0.4, -0.2) is 94.3 Å². The average Bonchev–Trinajstić information content (AvgIpc) is 3.68. The molecule has 4 rings (SSSR count). The molecule has 49 heavy (non-hydrogen) atoms. The molecule has 0 saturated carbocycles. The first kappa shape index (κ1) is 36.8. The predicted molar refractivity (Wildman–Crippen MR) is 177 cm³/mol. The number of aromatic nitrogens is 2. The molecule has 0 spiro atoms. The standard InChI is InChI=1S/C34H44FN7O7/c1-8-40(33(46)48-34(4,5)6)14-13-36-29(44)19-41(20-31(45)39(7)42-17-25-11-12-27(35)15-26(25)18-42)28-16-24(10-9-22(28)2)32-37-30(49-38-32)21-47-23(3)43/h9-12,15-16H,8,13-14,17-21H2,1-7H3,(H,36,44). The quantitative estimate of drug-likeness (QED) is 0.262. The molecular formula is C34H44FN7O7. The number of amides is 3. The third-order valence-electron chi connectivity index (χ3n) is 7.73. The lowest BCUT2D eigenvalue weighted by Gasteiger charge is -2.32. The predicted octanol–water partition coefficient (Wildman–Crippen LogP) is 3.82. The van der Waals surface area contributed by atoms with E-state index in [1.807, 2.05) is 24.9 Å². The first-order valence-corrected chi connectivity index (χ1v) is 16.0. The second kappa shape index (κ2) is 15.9. The molecule has 14 nitrogen and oxygen atoms in total. The highest BCUT2D eigenvalue weighted by molar-refractivity contribution is 5.87. The Bertz CT molecular complexity index is 1670. The molecule has 0 atom stereocenters. The van der Waals surface area contributed by atoms with E-state index in [2.05, 4.69) is 15.5 Å². The number of ether oxygens (including phenoxy) is 2. The molecule has 1 aromatic heterocycles. The third-order valence-corrected chi connectivity index (χ3v) is 7.73. The van der Waals surface area contributed by atoms with E-state index < -0.39 is 17.7 Å². The SMILES string of the molecule is CCN(CCNC(=O)CN(CC(=O)N(C)N1Cc2ccc(F)cc2C1)c1cc(-c2noc(COC(C)=O)n2)ccc1C)C(=O)OC(C)(C)C. The Morgan fingerprint density at radius 3 is 2.49 bits per heavy atom. The van der Waals surface area contributed by atoms with Crippen LogP contribution in [0.15, 0.2) is 40.9 Å². The number of rotatable bonds is 13. The molecule has 1 aliphatic rings. The Balaban J connectivity index is 1.52. The Morgan fingerprint density at radius 1 is 1.06 bits per heavy atom. The van der Waals surface area contributed by atoms with E-state index >= 15 is 0 Å². The smallest absolute Gasteiger partial charge is 0.410 e. The summed E-state index contributed by atoms with van der Waals surface area (Å²) >= 11 is 0. The number of likely N-dealkylation sites (N-methyl/N-ethyl adjacent to an activating group) is 2. The van der Waals surface area contributed by atoms with Crippen LogP contribution in [0.5, 0.6) is 0 Å². The summed E-state index contributed by atoms with van der Waals surface area (Å²) in [4.78, 5) is 58.3. The second-order valence-corrected chi connectivity index (χ2v) is 12.7. The van der Waals surface area contributed by atoms with Crippen molar-refractivity contribution in [3.63, 3.8) is 0 Å². The number of aryl methyl sites for hydroxylation is 1. The number of hydrogen-bond acceptors (Lipinski definition) is 11. The van der Waals surface area contributed by atoms with E-state index in [1.54, 1.807) is 50.9 Å². The molecule has 0 radical (unpaired) electrons. The first-order chi connectivity index (χ1) is 23.1. The van der Waals surface area contributed by atoms with Crippen molar-refractivity contribution in [1.29, 1.82) is 0 Å². The second-order valence-electron chi connectivity index (χ2n) is 12.7. The fourth-order valence-corrected chi connectivity index (χ4v) is 5.15. The molecule has 0 saturated heterocycles. The zero-order valence-electron chi connectivity index (χ0n) is 29.0. The maximum atomic E-state index is 13.8. The summed E-state index contributed by atoms with van der Waals surface area (Å²) in [5, 5.41) is 10.2. The zero-order valence-corrected chi connectivity index (χ0v) is 29.0. The molecule has 1 aliphatic heterocycles. The van der Waals surface area contributed by atoms with E-state index in [-0.39, 0.29) is 62.1 Å². The molecular weight excluding hydrogens is 637 g/mol. The fraction of sp³-hybridized carbons (Fsp3) is 0.471. The van der Waals surface area contributed by atoms with Gasteiger partial charge in [0.15, 0.2) is 6.61 Å². The van der Waals surface area contributed by atoms with Crippen LogP contribution in [0.4, 0.5) is 14.9 Å². The van der Waals surface area contributed by atoms with Crippen molar-refractivity contribution in [2.45, 2.75) is 66.8 Å². The van der Waals surface area contributed by atoms with Gasteiger partial charge in [-0.05, 0) is 69.5 Å². The molecule has 0 bridgehead atoms. The van der Waals surface area contributed by atoms with Gasteiger partial charge in [0.25, 0.3) is 11.8 Å². The molecule has 3 amide bonds. The molecule has 0 fully saturated rings. The zero-order chi connectivity index (χ0) is 35.9. The van der Waals surface area contributed by atoms with Crippen LogP contribution in [0.1, 0.15) is 57.2 Å². The fourth-order valence-electron chi connectivity index (χ4n) is 5.15. The van der Waals surface area contributed by atoms with Gasteiger partial charge in [0, 0.05) is 57.9 Å². The molecule has 2 aromatic carbocycles. The van der Waals surface area contributed by atoms with Crippen molar-refractivity contribution in [2.75, 3.05) is 44.7 Å². The maximum absolute atomic E-state index is 13.8. The van der Waals surface area contributed by atoms with Gasteiger partial charge in [-0.15, -0.1) is 0 Å². The van der Waals surface area contributed by atoms with Gasteiger partial charge < -0.3 is 29.1 Å². The van der Waals surface area contributed by atoms with Crippen LogP contribution < -0.4 is 10.2 Å². The van der Waals surface area contributed by atoms with Crippen molar-refractivity contribution in [3.05, 3.63) is 64.8 Å². The van der Waals surface area contributed by atoms with E-state index in [9.17, 15) is 23.6 Å². The number of nitrogens with one attached hydrogen (secondary N) is 1. The minimum Gasteiger partial charge on any atom is -0.456 e. The monoisotopic (exact) mass is 681 g/mol. The number of anilines is 1. The Labute approximate surface area is 285 Å². The molecule has 3 aromatic rings. The van der Waals surface area contributed by atoms with Crippen LogP contribution >= 0.6 is 0 Å². The van der Waals surface area contributed by atoms with Gasteiger partial charge in [-0.3, -0.25) is 19.4 Å². The minimum atomic E-state index is -0.653. The van der Waals surface area contributed by atoms with Crippen molar-refractivity contribution < 1.29 is 37.6 Å². The molecule has 0 aliphatic carbocycles. The average molecular weight is 682 g/mol. The van der Waals surface area contributed by atoms with E-state index in [0.717, 1.165) is 16.7 Å². The van der Waals surface area contributed by atoms with Crippen LogP contribution in [0.3, 0.4) is 0 Å². The van der Waals surface area contributed by atoms with Gasteiger partial charge in [0.2, 0.25) is 11.7 Å².